The number of aryl methyl sites for hydroxylation is 2. The normalized spacial score (nSPS) is 15.2. The first-order valence-corrected chi connectivity index (χ1v) is 9.47. The molecule has 6 heteroatoms. The molecule has 1 aliphatic rings. The number of hydrogen-bond donors (Lipinski definition) is 1. The minimum Gasteiger partial charge on any atom is -0.369 e. The summed E-state index contributed by atoms with van der Waals surface area (Å²) in [5.74, 6) is -0.0113. The van der Waals surface area contributed by atoms with E-state index in [9.17, 15) is 4.79 Å². The Labute approximate surface area is 164 Å². The molecule has 1 aliphatic heterocycles. The summed E-state index contributed by atoms with van der Waals surface area (Å²) < 4.78 is 0. The molecule has 1 amide bonds. The third kappa shape index (κ3) is 4.70. The van der Waals surface area contributed by atoms with Crippen molar-refractivity contribution in [2.75, 3.05) is 42.9 Å². The van der Waals surface area contributed by atoms with E-state index in [1.54, 1.807) is 6.07 Å². The van der Waals surface area contributed by atoms with Gasteiger partial charge in [-0.2, -0.15) is 0 Å². The quantitative estimate of drug-likeness (QED) is 0.839. The monoisotopic (exact) mass is 391 g/mol. The van der Waals surface area contributed by atoms with Crippen molar-refractivity contribution in [2.24, 2.45) is 0 Å². The highest BCUT2D eigenvalue weighted by Gasteiger charge is 2.20. The Morgan fingerprint density at radius 2 is 1.58 bits per heavy atom. The Bertz CT molecular complexity index is 802. The van der Waals surface area contributed by atoms with Crippen molar-refractivity contribution in [3.05, 3.63) is 57.6 Å². The molecule has 0 radical (unpaired) electrons. The lowest BCUT2D eigenvalue weighted by molar-refractivity contribution is -0.117. The topological polar surface area (TPSA) is 35.6 Å². The number of nitrogens with zero attached hydrogens (tertiary/aromatic N) is 2. The molecule has 4 nitrogen and oxygen atoms in total. The third-order valence-electron chi connectivity index (χ3n) is 4.73. The van der Waals surface area contributed by atoms with E-state index in [2.05, 4.69) is 22.0 Å². The summed E-state index contributed by atoms with van der Waals surface area (Å²) in [6, 6.07) is 11.5. The molecule has 1 fully saturated rings. The first kappa shape index (κ1) is 19.0. The number of halogens is 2. The lowest BCUT2D eigenvalue weighted by Gasteiger charge is -2.36. The second kappa shape index (κ2) is 8.30. The van der Waals surface area contributed by atoms with E-state index in [4.69, 9.17) is 23.2 Å². The molecule has 0 aromatic heterocycles. The molecule has 138 valence electrons. The van der Waals surface area contributed by atoms with Crippen LogP contribution in [0.2, 0.25) is 10.0 Å². The van der Waals surface area contributed by atoms with Gasteiger partial charge in [0, 0.05) is 47.6 Å². The van der Waals surface area contributed by atoms with Crippen LogP contribution in [0.3, 0.4) is 0 Å². The minimum atomic E-state index is -0.0113. The van der Waals surface area contributed by atoms with Gasteiger partial charge < -0.3 is 10.2 Å². The number of amides is 1. The maximum Gasteiger partial charge on any atom is 0.238 e. The van der Waals surface area contributed by atoms with Crippen LogP contribution in [0.25, 0.3) is 0 Å². The summed E-state index contributed by atoms with van der Waals surface area (Å²) in [4.78, 5) is 16.9. The largest absolute Gasteiger partial charge is 0.369 e. The molecular weight excluding hydrogens is 369 g/mol. The molecule has 26 heavy (non-hydrogen) atoms. The molecule has 0 saturated carbocycles. The predicted molar refractivity (Wildman–Crippen MR) is 110 cm³/mol. The van der Waals surface area contributed by atoms with Gasteiger partial charge in [0.25, 0.3) is 0 Å². The maximum absolute atomic E-state index is 12.4. The molecule has 1 N–H and O–H groups in total. The second-order valence-electron chi connectivity index (χ2n) is 6.70. The molecule has 2 aromatic carbocycles. The number of piperazine rings is 1. The maximum atomic E-state index is 12.4. The van der Waals surface area contributed by atoms with Crippen molar-refractivity contribution in [1.29, 1.82) is 0 Å². The van der Waals surface area contributed by atoms with E-state index >= 15 is 0 Å². The average molecular weight is 392 g/mol. The van der Waals surface area contributed by atoms with Crippen LogP contribution in [0.5, 0.6) is 0 Å². The van der Waals surface area contributed by atoms with E-state index in [1.165, 1.54) is 11.3 Å². The van der Waals surface area contributed by atoms with Gasteiger partial charge in [-0.3, -0.25) is 9.69 Å². The molecule has 0 spiro atoms. The van der Waals surface area contributed by atoms with Crippen molar-refractivity contribution < 1.29 is 4.79 Å². The van der Waals surface area contributed by atoms with Crippen LogP contribution in [0.4, 0.5) is 11.4 Å². The van der Waals surface area contributed by atoms with E-state index in [1.807, 2.05) is 37.3 Å². The lowest BCUT2D eigenvalue weighted by Crippen LogP contribution is -2.48. The van der Waals surface area contributed by atoms with Gasteiger partial charge in [-0.15, -0.1) is 0 Å². The van der Waals surface area contributed by atoms with Gasteiger partial charge >= 0.3 is 0 Å². The molecule has 0 aliphatic carbocycles. The number of hydrogen-bond acceptors (Lipinski definition) is 3. The average Bonchev–Trinajstić information content (AvgIpc) is 2.61. The number of anilines is 2. The van der Waals surface area contributed by atoms with Gasteiger partial charge in [0.15, 0.2) is 0 Å². The minimum absolute atomic E-state index is 0.0113. The van der Waals surface area contributed by atoms with Crippen LogP contribution in [0.15, 0.2) is 36.4 Å². The molecule has 0 unspecified atom stereocenters. The van der Waals surface area contributed by atoms with Gasteiger partial charge in [-0.1, -0.05) is 35.3 Å². The van der Waals surface area contributed by atoms with Crippen molar-refractivity contribution in [2.45, 2.75) is 13.8 Å². The van der Waals surface area contributed by atoms with Crippen LogP contribution >= 0.6 is 23.2 Å². The first-order valence-electron chi connectivity index (χ1n) is 8.72. The SMILES string of the molecule is Cc1ccc(Cl)cc1NC(=O)CN1CCN(c2cc(Cl)ccc2C)CC1. The smallest absolute Gasteiger partial charge is 0.238 e. The zero-order valence-electron chi connectivity index (χ0n) is 15.1. The fourth-order valence-corrected chi connectivity index (χ4v) is 3.53. The van der Waals surface area contributed by atoms with Gasteiger partial charge in [-0.05, 0) is 49.2 Å². The fourth-order valence-electron chi connectivity index (χ4n) is 3.19. The van der Waals surface area contributed by atoms with Crippen molar-refractivity contribution in [3.63, 3.8) is 0 Å². The standard InChI is InChI=1S/C20H23Cl2N3O/c1-14-3-5-16(21)11-18(14)23-20(26)13-24-7-9-25(10-8-24)19-12-17(22)6-4-15(19)2/h3-6,11-12H,7-10,13H2,1-2H3,(H,23,26). The Morgan fingerprint density at radius 1 is 0.962 bits per heavy atom. The van der Waals surface area contributed by atoms with E-state index in [0.717, 1.165) is 42.5 Å². The summed E-state index contributed by atoms with van der Waals surface area (Å²) in [6.45, 7) is 7.88. The molecular formula is C20H23Cl2N3O. The van der Waals surface area contributed by atoms with Gasteiger partial charge in [0.2, 0.25) is 5.91 Å². The molecule has 1 heterocycles. The van der Waals surface area contributed by atoms with Crippen molar-refractivity contribution in [1.82, 2.24) is 4.90 Å². The summed E-state index contributed by atoms with van der Waals surface area (Å²) in [5.41, 5.74) is 4.17. The Morgan fingerprint density at radius 3 is 2.27 bits per heavy atom. The van der Waals surface area contributed by atoms with Crippen LogP contribution in [-0.4, -0.2) is 43.5 Å². The Kier molecular flexibility index (Phi) is 6.07. The lowest BCUT2D eigenvalue weighted by atomic mass is 10.1. The molecule has 3 rings (SSSR count). The first-order chi connectivity index (χ1) is 12.4. The van der Waals surface area contributed by atoms with E-state index in [0.29, 0.717) is 11.6 Å². The number of nitrogens with one attached hydrogen (secondary N) is 1. The number of rotatable bonds is 4. The predicted octanol–water partition coefficient (Wildman–Crippen LogP) is 4.37. The highest BCUT2D eigenvalue weighted by molar-refractivity contribution is 6.31. The van der Waals surface area contributed by atoms with Crippen LogP contribution < -0.4 is 10.2 Å². The summed E-state index contributed by atoms with van der Waals surface area (Å²) in [7, 11) is 0. The van der Waals surface area contributed by atoms with Crippen LogP contribution in [0, 0.1) is 13.8 Å². The van der Waals surface area contributed by atoms with E-state index < -0.39 is 0 Å². The zero-order chi connectivity index (χ0) is 18.7. The zero-order valence-corrected chi connectivity index (χ0v) is 16.6. The number of benzene rings is 2. The number of carbonyl (C=O) groups excluding carboxylic acids is 1. The number of carbonyl (C=O) groups is 1. The van der Waals surface area contributed by atoms with E-state index in [-0.39, 0.29) is 5.91 Å². The van der Waals surface area contributed by atoms with Crippen molar-refractivity contribution in [3.8, 4) is 0 Å². The summed E-state index contributed by atoms with van der Waals surface area (Å²) >= 11 is 12.1. The second-order valence-corrected chi connectivity index (χ2v) is 7.57. The van der Waals surface area contributed by atoms with Gasteiger partial charge in [0.1, 0.15) is 0 Å². The Balaban J connectivity index is 1.54. The fraction of sp³-hybridized carbons (Fsp3) is 0.350. The Hall–Kier alpha value is -1.75. The molecule has 2 aromatic rings. The van der Waals surface area contributed by atoms with Gasteiger partial charge in [-0.25, -0.2) is 0 Å². The molecule has 0 bridgehead atoms. The molecule has 1 saturated heterocycles. The van der Waals surface area contributed by atoms with Crippen LogP contribution in [0.1, 0.15) is 11.1 Å². The van der Waals surface area contributed by atoms with Crippen LogP contribution in [-0.2, 0) is 4.79 Å². The summed E-state index contributed by atoms with van der Waals surface area (Å²) in [5, 5.41) is 4.34. The van der Waals surface area contributed by atoms with Crippen molar-refractivity contribution >= 4 is 40.5 Å². The third-order valence-corrected chi connectivity index (χ3v) is 5.20. The van der Waals surface area contributed by atoms with Gasteiger partial charge in [0.05, 0.1) is 6.54 Å². The highest BCUT2D eigenvalue weighted by atomic mass is 35.5. The molecule has 0 atom stereocenters. The summed E-state index contributed by atoms with van der Waals surface area (Å²) in [6.07, 6.45) is 0. The highest BCUT2D eigenvalue weighted by Crippen LogP contribution is 2.25.